The van der Waals surface area contributed by atoms with Crippen molar-refractivity contribution >= 4 is 0 Å². The fraction of sp³-hybridized carbons (Fsp3) is 0.647. The summed E-state index contributed by atoms with van der Waals surface area (Å²) in [4.78, 5) is 0. The molecule has 2 atom stereocenters. The number of rotatable bonds is 6. The predicted molar refractivity (Wildman–Crippen MR) is 78.8 cm³/mol. The maximum absolute atomic E-state index is 3.61. The molecule has 1 aliphatic carbocycles. The lowest BCUT2D eigenvalue weighted by Gasteiger charge is -2.24. The lowest BCUT2D eigenvalue weighted by molar-refractivity contribution is 0.290. The summed E-state index contributed by atoms with van der Waals surface area (Å²) in [5, 5.41) is 3.61. The minimum absolute atomic E-state index is 0.585. The zero-order valence-electron chi connectivity index (χ0n) is 11.9. The Balaban J connectivity index is 1.73. The zero-order chi connectivity index (χ0) is 12.8. The van der Waals surface area contributed by atoms with Crippen molar-refractivity contribution in [2.75, 3.05) is 6.54 Å². The van der Waals surface area contributed by atoms with Gasteiger partial charge >= 0.3 is 0 Å². The van der Waals surface area contributed by atoms with Crippen LogP contribution in [-0.4, -0.2) is 12.6 Å². The molecule has 1 heteroatoms. The van der Waals surface area contributed by atoms with Crippen LogP contribution in [0.1, 0.15) is 51.5 Å². The molecule has 0 amide bonds. The molecule has 0 aromatic heterocycles. The minimum Gasteiger partial charge on any atom is -0.314 e. The van der Waals surface area contributed by atoms with Gasteiger partial charge in [0.25, 0.3) is 0 Å². The van der Waals surface area contributed by atoms with Crippen molar-refractivity contribution in [3.63, 3.8) is 0 Å². The molecule has 100 valence electrons. The molecule has 1 N–H and O–H groups in total. The topological polar surface area (TPSA) is 12.0 Å². The van der Waals surface area contributed by atoms with E-state index >= 15 is 0 Å². The largest absolute Gasteiger partial charge is 0.314 e. The summed E-state index contributed by atoms with van der Waals surface area (Å²) in [5.41, 5.74) is 2.07. The van der Waals surface area contributed by atoms with Crippen LogP contribution in [0.5, 0.6) is 0 Å². The fourth-order valence-electron chi connectivity index (χ4n) is 3.38. The van der Waals surface area contributed by atoms with Gasteiger partial charge in [-0.05, 0) is 56.0 Å². The molecule has 1 aromatic carbocycles. The zero-order valence-corrected chi connectivity index (χ0v) is 11.9. The van der Waals surface area contributed by atoms with Crippen LogP contribution in [0.15, 0.2) is 30.3 Å². The van der Waals surface area contributed by atoms with Gasteiger partial charge in [0.1, 0.15) is 0 Å². The first kappa shape index (κ1) is 13.6. The van der Waals surface area contributed by atoms with Crippen molar-refractivity contribution < 1.29 is 0 Å². The Morgan fingerprint density at radius 3 is 2.78 bits per heavy atom. The second-order valence-corrected chi connectivity index (χ2v) is 6.15. The first-order chi connectivity index (χ1) is 8.72. The summed E-state index contributed by atoms with van der Waals surface area (Å²) < 4.78 is 0. The molecule has 2 rings (SSSR count). The van der Waals surface area contributed by atoms with Gasteiger partial charge in [0.2, 0.25) is 0 Å². The van der Waals surface area contributed by atoms with E-state index < -0.39 is 0 Å². The smallest absolute Gasteiger partial charge is 0.00723 e. The van der Waals surface area contributed by atoms with Crippen LogP contribution < -0.4 is 5.32 Å². The van der Waals surface area contributed by atoms with Crippen molar-refractivity contribution in [2.45, 2.75) is 58.4 Å². The standard InChI is InChI=1S/C17H27N/c1-3-18-16-11-13-17(2,14-16)12-7-10-15-8-5-4-6-9-15/h4-6,8-9,16,18H,3,7,10-14H2,1-2H3. The molecule has 1 saturated carbocycles. The van der Waals surface area contributed by atoms with Gasteiger partial charge in [0.05, 0.1) is 0 Å². The van der Waals surface area contributed by atoms with Gasteiger partial charge in [-0.1, -0.05) is 44.2 Å². The Labute approximate surface area is 112 Å². The molecule has 2 unspecified atom stereocenters. The molecule has 1 fully saturated rings. The van der Waals surface area contributed by atoms with E-state index in [0.29, 0.717) is 5.41 Å². The highest BCUT2D eigenvalue weighted by Crippen LogP contribution is 2.41. The monoisotopic (exact) mass is 245 g/mol. The average molecular weight is 245 g/mol. The Morgan fingerprint density at radius 2 is 2.06 bits per heavy atom. The van der Waals surface area contributed by atoms with Crippen molar-refractivity contribution in [3.05, 3.63) is 35.9 Å². The maximum atomic E-state index is 3.61. The quantitative estimate of drug-likeness (QED) is 0.793. The molecule has 0 bridgehead atoms. The average Bonchev–Trinajstić information content (AvgIpc) is 2.73. The van der Waals surface area contributed by atoms with Gasteiger partial charge < -0.3 is 5.32 Å². The summed E-state index contributed by atoms with van der Waals surface area (Å²) in [5.74, 6) is 0. The van der Waals surface area contributed by atoms with Crippen LogP contribution in [0.25, 0.3) is 0 Å². The van der Waals surface area contributed by atoms with E-state index in [4.69, 9.17) is 0 Å². The van der Waals surface area contributed by atoms with Crippen molar-refractivity contribution in [1.29, 1.82) is 0 Å². The Morgan fingerprint density at radius 1 is 1.28 bits per heavy atom. The number of benzene rings is 1. The minimum atomic E-state index is 0.585. The molecule has 0 heterocycles. The highest BCUT2D eigenvalue weighted by atomic mass is 14.9. The van der Waals surface area contributed by atoms with Gasteiger partial charge in [-0.25, -0.2) is 0 Å². The van der Waals surface area contributed by atoms with E-state index in [2.05, 4.69) is 49.5 Å². The van der Waals surface area contributed by atoms with Gasteiger partial charge in [0, 0.05) is 6.04 Å². The second kappa shape index (κ2) is 6.38. The third kappa shape index (κ3) is 3.84. The van der Waals surface area contributed by atoms with Crippen LogP contribution in [0.2, 0.25) is 0 Å². The van der Waals surface area contributed by atoms with E-state index in [1.54, 1.807) is 0 Å². The molecular weight excluding hydrogens is 218 g/mol. The molecule has 0 aliphatic heterocycles. The van der Waals surface area contributed by atoms with Crippen LogP contribution in [-0.2, 0) is 6.42 Å². The van der Waals surface area contributed by atoms with E-state index in [0.717, 1.165) is 12.6 Å². The highest BCUT2D eigenvalue weighted by molar-refractivity contribution is 5.14. The van der Waals surface area contributed by atoms with E-state index in [-0.39, 0.29) is 0 Å². The first-order valence-electron chi connectivity index (χ1n) is 7.49. The number of hydrogen-bond acceptors (Lipinski definition) is 1. The fourth-order valence-corrected chi connectivity index (χ4v) is 3.38. The first-order valence-corrected chi connectivity index (χ1v) is 7.49. The number of hydrogen-bond donors (Lipinski definition) is 1. The Kier molecular flexibility index (Phi) is 4.82. The summed E-state index contributed by atoms with van der Waals surface area (Å²) >= 11 is 0. The molecule has 1 aromatic rings. The van der Waals surface area contributed by atoms with Crippen LogP contribution in [0, 0.1) is 5.41 Å². The number of aryl methyl sites for hydroxylation is 1. The van der Waals surface area contributed by atoms with Crippen molar-refractivity contribution in [3.8, 4) is 0 Å². The third-order valence-electron chi connectivity index (χ3n) is 4.42. The highest BCUT2D eigenvalue weighted by Gasteiger charge is 2.33. The molecule has 0 radical (unpaired) electrons. The van der Waals surface area contributed by atoms with E-state index in [1.165, 1.54) is 44.1 Å². The van der Waals surface area contributed by atoms with Gasteiger partial charge in [0.15, 0.2) is 0 Å². The Bertz CT molecular complexity index is 346. The van der Waals surface area contributed by atoms with Gasteiger partial charge in [-0.15, -0.1) is 0 Å². The third-order valence-corrected chi connectivity index (χ3v) is 4.42. The van der Waals surface area contributed by atoms with Crippen molar-refractivity contribution in [1.82, 2.24) is 5.32 Å². The van der Waals surface area contributed by atoms with E-state index in [9.17, 15) is 0 Å². The van der Waals surface area contributed by atoms with E-state index in [1.807, 2.05) is 0 Å². The van der Waals surface area contributed by atoms with Gasteiger partial charge in [-0.2, -0.15) is 0 Å². The predicted octanol–water partition coefficient (Wildman–Crippen LogP) is 4.18. The maximum Gasteiger partial charge on any atom is 0.00723 e. The number of nitrogens with one attached hydrogen (secondary N) is 1. The Hall–Kier alpha value is -0.820. The van der Waals surface area contributed by atoms with Crippen LogP contribution in [0.3, 0.4) is 0 Å². The summed E-state index contributed by atoms with van der Waals surface area (Å²) in [6, 6.07) is 11.7. The molecule has 1 nitrogen and oxygen atoms in total. The lowest BCUT2D eigenvalue weighted by atomic mass is 9.82. The normalized spacial score (nSPS) is 27.6. The molecule has 0 spiro atoms. The SMILES string of the molecule is CCNC1CCC(C)(CCCc2ccccc2)C1. The molecule has 0 saturated heterocycles. The van der Waals surface area contributed by atoms with Crippen molar-refractivity contribution in [2.24, 2.45) is 5.41 Å². The molecule has 1 aliphatic rings. The summed E-state index contributed by atoms with van der Waals surface area (Å²) in [7, 11) is 0. The van der Waals surface area contributed by atoms with Crippen LogP contribution >= 0.6 is 0 Å². The molecule has 18 heavy (non-hydrogen) atoms. The summed E-state index contributed by atoms with van der Waals surface area (Å²) in [6.45, 7) is 5.81. The van der Waals surface area contributed by atoms with Gasteiger partial charge in [-0.3, -0.25) is 0 Å². The second-order valence-electron chi connectivity index (χ2n) is 6.15. The van der Waals surface area contributed by atoms with Crippen LogP contribution in [0.4, 0.5) is 0 Å². The molecular formula is C17H27N. The lowest BCUT2D eigenvalue weighted by Crippen LogP contribution is -2.27. The summed E-state index contributed by atoms with van der Waals surface area (Å²) in [6.07, 6.45) is 8.09.